The van der Waals surface area contributed by atoms with Crippen molar-refractivity contribution in [3.63, 3.8) is 0 Å². The van der Waals surface area contributed by atoms with Crippen LogP contribution in [0.15, 0.2) is 82.6 Å². The lowest BCUT2D eigenvalue weighted by atomic mass is 10.2. The van der Waals surface area contributed by atoms with Crippen LogP contribution in [0.1, 0.15) is 18.1 Å². The quantitative estimate of drug-likeness (QED) is 0.351. The molecule has 3 aromatic rings. The number of ether oxygens (including phenoxy) is 1. The first-order chi connectivity index (χ1) is 17.9. The first-order valence-electron chi connectivity index (χ1n) is 11.7. The van der Waals surface area contributed by atoms with Gasteiger partial charge in [0.15, 0.2) is 0 Å². The summed E-state index contributed by atoms with van der Waals surface area (Å²) in [6, 6.07) is 19.2. The van der Waals surface area contributed by atoms with Crippen LogP contribution in [0.5, 0.6) is 5.75 Å². The molecule has 0 saturated carbocycles. The van der Waals surface area contributed by atoms with E-state index < -0.39 is 32.5 Å². The summed E-state index contributed by atoms with van der Waals surface area (Å²) in [6.07, 6.45) is 0. The van der Waals surface area contributed by atoms with Gasteiger partial charge in [0.25, 0.3) is 0 Å². The van der Waals surface area contributed by atoms with Crippen molar-refractivity contribution in [2.24, 2.45) is 0 Å². The summed E-state index contributed by atoms with van der Waals surface area (Å²) in [7, 11) is -4.78. The second kappa shape index (κ2) is 12.7. The van der Waals surface area contributed by atoms with E-state index >= 15 is 0 Å². The van der Waals surface area contributed by atoms with Crippen LogP contribution >= 0.6 is 11.6 Å². The summed E-state index contributed by atoms with van der Waals surface area (Å²) in [6.45, 7) is 1.80. The Hall–Kier alpha value is -2.96. The van der Waals surface area contributed by atoms with Crippen LogP contribution < -0.4 is 10.1 Å². The van der Waals surface area contributed by atoms with Gasteiger partial charge in [0, 0.05) is 27.2 Å². The minimum atomic E-state index is -4.10. The van der Waals surface area contributed by atoms with Gasteiger partial charge in [0.05, 0.1) is 28.0 Å². The highest BCUT2D eigenvalue weighted by Crippen LogP contribution is 2.29. The van der Waals surface area contributed by atoms with E-state index in [-0.39, 0.29) is 27.9 Å². The Kier molecular flexibility index (Phi) is 9.91. The lowest BCUT2D eigenvalue weighted by molar-refractivity contribution is -0.121. The number of carbonyl (C=O) groups excluding carboxylic acids is 1. The topological polar surface area (TPSA) is 113 Å². The Morgan fingerprint density at radius 3 is 2.08 bits per heavy atom. The van der Waals surface area contributed by atoms with Crippen molar-refractivity contribution in [2.45, 2.75) is 29.8 Å². The molecule has 0 aromatic heterocycles. The first-order valence-corrected chi connectivity index (χ1v) is 15.0. The Bertz CT molecular complexity index is 1460. The standard InChI is InChI=1S/C26H30ClN3O6S2/c1-4-36-25-15-14-23(16-24(25)27)38(34,35)30(18-21-8-6-5-7-9-21)19-26(31)28-17-20-10-12-22(13-11-20)37(32,33)29(2)3/h5-16H,4,17-19H2,1-3H3,(H,28,31). The maximum atomic E-state index is 13.5. The number of benzene rings is 3. The number of rotatable bonds is 12. The summed E-state index contributed by atoms with van der Waals surface area (Å²) in [5.41, 5.74) is 1.37. The van der Waals surface area contributed by atoms with Gasteiger partial charge in [-0.2, -0.15) is 4.31 Å². The number of amides is 1. The average Bonchev–Trinajstić information content (AvgIpc) is 2.89. The van der Waals surface area contributed by atoms with E-state index in [2.05, 4.69) is 5.32 Å². The molecule has 9 nitrogen and oxygen atoms in total. The van der Waals surface area contributed by atoms with Gasteiger partial charge in [0.1, 0.15) is 5.75 Å². The number of nitrogens with one attached hydrogen (secondary N) is 1. The zero-order valence-electron chi connectivity index (χ0n) is 21.3. The third kappa shape index (κ3) is 7.33. The van der Waals surface area contributed by atoms with Crippen molar-refractivity contribution < 1.29 is 26.4 Å². The van der Waals surface area contributed by atoms with Crippen molar-refractivity contribution >= 4 is 37.6 Å². The fraction of sp³-hybridized carbons (Fsp3) is 0.269. The summed E-state index contributed by atoms with van der Waals surface area (Å²) >= 11 is 6.23. The van der Waals surface area contributed by atoms with Gasteiger partial charge in [-0.15, -0.1) is 0 Å². The molecule has 12 heteroatoms. The van der Waals surface area contributed by atoms with E-state index in [0.29, 0.717) is 23.5 Å². The van der Waals surface area contributed by atoms with E-state index in [4.69, 9.17) is 16.3 Å². The number of carbonyl (C=O) groups is 1. The molecule has 38 heavy (non-hydrogen) atoms. The van der Waals surface area contributed by atoms with Gasteiger partial charge in [-0.25, -0.2) is 21.1 Å². The lowest BCUT2D eigenvalue weighted by Gasteiger charge is -2.22. The third-order valence-electron chi connectivity index (χ3n) is 5.55. The molecular formula is C26H30ClN3O6S2. The molecule has 0 aliphatic carbocycles. The molecule has 3 aromatic carbocycles. The van der Waals surface area contributed by atoms with Crippen LogP contribution in [-0.4, -0.2) is 58.6 Å². The molecule has 0 heterocycles. The second-order valence-electron chi connectivity index (χ2n) is 8.49. The van der Waals surface area contributed by atoms with E-state index in [9.17, 15) is 21.6 Å². The van der Waals surface area contributed by atoms with Crippen molar-refractivity contribution in [2.75, 3.05) is 27.2 Å². The Morgan fingerprint density at radius 1 is 0.868 bits per heavy atom. The van der Waals surface area contributed by atoms with Gasteiger partial charge >= 0.3 is 0 Å². The molecule has 0 atom stereocenters. The molecule has 3 rings (SSSR count). The van der Waals surface area contributed by atoms with Gasteiger partial charge in [-0.05, 0) is 48.4 Å². The third-order valence-corrected chi connectivity index (χ3v) is 9.47. The summed E-state index contributed by atoms with van der Waals surface area (Å²) in [4.78, 5) is 12.9. The molecule has 0 bridgehead atoms. The van der Waals surface area contributed by atoms with Crippen molar-refractivity contribution in [1.29, 1.82) is 0 Å². The van der Waals surface area contributed by atoms with Gasteiger partial charge in [-0.1, -0.05) is 54.1 Å². The molecule has 0 unspecified atom stereocenters. The highest BCUT2D eigenvalue weighted by molar-refractivity contribution is 7.89. The first kappa shape index (κ1) is 29.6. The van der Waals surface area contributed by atoms with E-state index in [0.717, 1.165) is 8.61 Å². The predicted octanol–water partition coefficient (Wildman–Crippen LogP) is 3.50. The number of sulfonamides is 2. The molecule has 0 spiro atoms. The average molecular weight is 580 g/mol. The smallest absolute Gasteiger partial charge is 0.243 e. The number of halogens is 1. The van der Waals surface area contributed by atoms with Crippen molar-refractivity contribution in [3.05, 3.63) is 88.9 Å². The molecule has 0 saturated heterocycles. The minimum Gasteiger partial charge on any atom is -0.492 e. The highest BCUT2D eigenvalue weighted by Gasteiger charge is 2.28. The largest absolute Gasteiger partial charge is 0.492 e. The molecule has 0 radical (unpaired) electrons. The molecule has 0 aliphatic heterocycles. The van der Waals surface area contributed by atoms with E-state index in [1.54, 1.807) is 43.3 Å². The van der Waals surface area contributed by atoms with Crippen LogP contribution in [0.2, 0.25) is 5.02 Å². The molecule has 1 N–H and O–H groups in total. The van der Waals surface area contributed by atoms with Crippen molar-refractivity contribution in [1.82, 2.24) is 13.9 Å². The number of nitrogens with zero attached hydrogens (tertiary/aromatic N) is 2. The van der Waals surface area contributed by atoms with Gasteiger partial charge in [-0.3, -0.25) is 4.79 Å². The Morgan fingerprint density at radius 2 is 1.50 bits per heavy atom. The second-order valence-corrected chi connectivity index (χ2v) is 13.0. The highest BCUT2D eigenvalue weighted by atomic mass is 35.5. The van der Waals surface area contributed by atoms with Crippen LogP contribution in [0.3, 0.4) is 0 Å². The van der Waals surface area contributed by atoms with Crippen LogP contribution in [0.4, 0.5) is 0 Å². The van der Waals surface area contributed by atoms with Crippen LogP contribution in [0, 0.1) is 0 Å². The maximum absolute atomic E-state index is 13.5. The maximum Gasteiger partial charge on any atom is 0.243 e. The molecule has 0 fully saturated rings. The fourth-order valence-electron chi connectivity index (χ4n) is 3.48. The zero-order valence-corrected chi connectivity index (χ0v) is 23.7. The normalized spacial score (nSPS) is 12.1. The number of hydrogen-bond acceptors (Lipinski definition) is 6. The SMILES string of the molecule is CCOc1ccc(S(=O)(=O)N(CC(=O)NCc2ccc(S(=O)(=O)N(C)C)cc2)Cc2ccccc2)cc1Cl. The fourth-order valence-corrected chi connectivity index (χ4v) is 6.10. The summed E-state index contributed by atoms with van der Waals surface area (Å²) in [5.74, 6) is -0.156. The van der Waals surface area contributed by atoms with Crippen molar-refractivity contribution in [3.8, 4) is 5.75 Å². The Balaban J connectivity index is 1.78. The monoisotopic (exact) mass is 579 g/mol. The van der Waals surface area contributed by atoms with Crippen LogP contribution in [-0.2, 0) is 37.9 Å². The molecular weight excluding hydrogens is 550 g/mol. The predicted molar refractivity (Wildman–Crippen MR) is 146 cm³/mol. The molecule has 0 aliphatic rings. The summed E-state index contributed by atoms with van der Waals surface area (Å²) < 4.78 is 59.2. The molecule has 204 valence electrons. The molecule has 1 amide bonds. The van der Waals surface area contributed by atoms with Crippen LogP contribution in [0.25, 0.3) is 0 Å². The number of hydrogen-bond donors (Lipinski definition) is 1. The zero-order chi connectivity index (χ0) is 27.9. The van der Waals surface area contributed by atoms with Gasteiger partial charge < -0.3 is 10.1 Å². The van der Waals surface area contributed by atoms with E-state index in [1.807, 2.05) is 6.07 Å². The Labute approximate surface area is 229 Å². The lowest BCUT2D eigenvalue weighted by Crippen LogP contribution is -2.40. The van der Waals surface area contributed by atoms with E-state index in [1.165, 1.54) is 44.4 Å². The van der Waals surface area contributed by atoms with Gasteiger partial charge in [0.2, 0.25) is 26.0 Å². The minimum absolute atomic E-state index is 0.0293. The summed E-state index contributed by atoms with van der Waals surface area (Å²) in [5, 5.41) is 2.86.